The van der Waals surface area contributed by atoms with Crippen LogP contribution in [0.4, 0.5) is 0 Å². The second-order valence-corrected chi connectivity index (χ2v) is 5.83. The fraction of sp³-hybridized carbons (Fsp3) is 0.438. The topological polar surface area (TPSA) is 121 Å². The normalized spacial score (nSPS) is 17.9. The summed E-state index contributed by atoms with van der Waals surface area (Å²) in [6, 6.07) is 3.55. The van der Waals surface area contributed by atoms with E-state index in [0.29, 0.717) is 37.8 Å². The molecule has 3 rings (SSSR count). The molecule has 0 aromatic carbocycles. The molecule has 1 saturated heterocycles. The molecule has 1 atom stereocenters. The molecule has 9 nitrogen and oxygen atoms in total. The van der Waals surface area contributed by atoms with Gasteiger partial charge in [-0.05, 0) is 12.1 Å². The van der Waals surface area contributed by atoms with Gasteiger partial charge in [-0.15, -0.1) is 0 Å². The molecule has 25 heavy (non-hydrogen) atoms. The first-order chi connectivity index (χ1) is 12.1. The van der Waals surface area contributed by atoms with Crippen LogP contribution in [0.5, 0.6) is 0 Å². The third kappa shape index (κ3) is 4.38. The van der Waals surface area contributed by atoms with Crippen LogP contribution < -0.4 is 5.32 Å². The molecule has 0 bridgehead atoms. The Labute approximate surface area is 144 Å². The van der Waals surface area contributed by atoms with Crippen molar-refractivity contribution in [3.63, 3.8) is 0 Å². The number of nitrogens with one attached hydrogen (secondary N) is 1. The number of aromatic nitrogens is 3. The predicted octanol–water partition coefficient (Wildman–Crippen LogP) is 0.197. The molecular weight excluding hydrogens is 326 g/mol. The SMILES string of the molecule is O=C(O)[C@H]1CNCCN(C(=O)CCc2nc(-c3ccncc3)no2)C1. The van der Waals surface area contributed by atoms with Crippen LogP contribution >= 0.6 is 0 Å². The molecule has 2 aromatic rings. The highest BCUT2D eigenvalue weighted by molar-refractivity contribution is 5.78. The average molecular weight is 345 g/mol. The van der Waals surface area contributed by atoms with Gasteiger partial charge < -0.3 is 19.8 Å². The summed E-state index contributed by atoms with van der Waals surface area (Å²) in [6.07, 6.45) is 3.80. The molecule has 1 fully saturated rings. The van der Waals surface area contributed by atoms with Gasteiger partial charge in [-0.2, -0.15) is 4.98 Å². The zero-order chi connectivity index (χ0) is 17.6. The second kappa shape index (κ2) is 7.84. The Hall–Kier alpha value is -2.81. The van der Waals surface area contributed by atoms with Crippen molar-refractivity contribution < 1.29 is 19.2 Å². The van der Waals surface area contributed by atoms with Gasteiger partial charge >= 0.3 is 5.97 Å². The minimum Gasteiger partial charge on any atom is -0.481 e. The van der Waals surface area contributed by atoms with E-state index in [9.17, 15) is 9.59 Å². The minimum absolute atomic E-state index is 0.112. The first-order valence-corrected chi connectivity index (χ1v) is 8.08. The van der Waals surface area contributed by atoms with Crippen LogP contribution in [-0.4, -0.2) is 63.2 Å². The molecule has 3 heterocycles. The Balaban J connectivity index is 1.57. The molecule has 0 spiro atoms. The van der Waals surface area contributed by atoms with Crippen molar-refractivity contribution in [3.05, 3.63) is 30.4 Å². The van der Waals surface area contributed by atoms with Crippen LogP contribution in [0, 0.1) is 5.92 Å². The highest BCUT2D eigenvalue weighted by Crippen LogP contribution is 2.15. The molecule has 2 N–H and O–H groups in total. The van der Waals surface area contributed by atoms with Crippen molar-refractivity contribution >= 4 is 11.9 Å². The molecule has 132 valence electrons. The molecule has 0 radical (unpaired) electrons. The Morgan fingerprint density at radius 3 is 2.92 bits per heavy atom. The first-order valence-electron chi connectivity index (χ1n) is 8.08. The van der Waals surface area contributed by atoms with Gasteiger partial charge in [-0.3, -0.25) is 14.6 Å². The number of carbonyl (C=O) groups excluding carboxylic acids is 1. The van der Waals surface area contributed by atoms with Crippen LogP contribution in [0.25, 0.3) is 11.4 Å². The molecule has 0 unspecified atom stereocenters. The average Bonchev–Trinajstić information content (AvgIpc) is 2.95. The van der Waals surface area contributed by atoms with E-state index in [4.69, 9.17) is 9.63 Å². The third-order valence-corrected chi connectivity index (χ3v) is 4.05. The first kappa shape index (κ1) is 17.0. The number of aryl methyl sites for hydroxylation is 1. The molecule has 1 aliphatic rings. The molecule has 9 heteroatoms. The number of rotatable bonds is 5. The zero-order valence-electron chi connectivity index (χ0n) is 13.6. The van der Waals surface area contributed by atoms with Crippen molar-refractivity contribution in [1.82, 2.24) is 25.3 Å². The highest BCUT2D eigenvalue weighted by atomic mass is 16.5. The number of carboxylic acid groups (broad SMARTS) is 1. The van der Waals surface area contributed by atoms with E-state index in [2.05, 4.69) is 20.4 Å². The van der Waals surface area contributed by atoms with Crippen LogP contribution in [0.3, 0.4) is 0 Å². The smallest absolute Gasteiger partial charge is 0.309 e. The van der Waals surface area contributed by atoms with Crippen molar-refractivity contribution in [2.75, 3.05) is 26.2 Å². The predicted molar refractivity (Wildman–Crippen MR) is 86.4 cm³/mol. The number of pyridine rings is 1. The van der Waals surface area contributed by atoms with Crippen LogP contribution in [0.1, 0.15) is 12.3 Å². The number of carboxylic acids is 1. The van der Waals surface area contributed by atoms with E-state index in [-0.39, 0.29) is 18.9 Å². The Morgan fingerprint density at radius 1 is 1.36 bits per heavy atom. The molecule has 1 aliphatic heterocycles. The van der Waals surface area contributed by atoms with Gasteiger partial charge in [0.2, 0.25) is 17.6 Å². The van der Waals surface area contributed by atoms with E-state index >= 15 is 0 Å². The minimum atomic E-state index is -0.897. The summed E-state index contributed by atoms with van der Waals surface area (Å²) in [5.74, 6) is -0.768. The number of carbonyl (C=O) groups is 2. The van der Waals surface area contributed by atoms with Crippen molar-refractivity contribution in [2.24, 2.45) is 5.92 Å². The van der Waals surface area contributed by atoms with Crippen molar-refractivity contribution in [1.29, 1.82) is 0 Å². The molecule has 0 saturated carbocycles. The summed E-state index contributed by atoms with van der Waals surface area (Å²) in [7, 11) is 0. The maximum atomic E-state index is 12.4. The number of aliphatic carboxylic acids is 1. The Bertz CT molecular complexity index is 733. The number of nitrogens with zero attached hydrogens (tertiary/aromatic N) is 4. The maximum absolute atomic E-state index is 12.4. The van der Waals surface area contributed by atoms with Crippen molar-refractivity contribution in [2.45, 2.75) is 12.8 Å². The lowest BCUT2D eigenvalue weighted by Crippen LogP contribution is -2.38. The summed E-state index contributed by atoms with van der Waals surface area (Å²) in [4.78, 5) is 33.3. The van der Waals surface area contributed by atoms with Crippen LogP contribution in [0.2, 0.25) is 0 Å². The standard InChI is InChI=1S/C16H19N5O4/c22-14(21-8-7-18-9-12(10-21)16(23)24)2-1-13-19-15(20-25-13)11-3-5-17-6-4-11/h3-6,12,18H,1-2,7-10H2,(H,23,24)/t12-/m0/s1. The summed E-state index contributed by atoms with van der Waals surface area (Å²) in [5.41, 5.74) is 0.791. The highest BCUT2D eigenvalue weighted by Gasteiger charge is 2.26. The molecule has 2 aromatic heterocycles. The number of amides is 1. The van der Waals surface area contributed by atoms with Gasteiger partial charge in [0, 0.05) is 57.0 Å². The van der Waals surface area contributed by atoms with E-state index < -0.39 is 11.9 Å². The molecule has 1 amide bonds. The van der Waals surface area contributed by atoms with Gasteiger partial charge in [-0.25, -0.2) is 0 Å². The maximum Gasteiger partial charge on any atom is 0.309 e. The summed E-state index contributed by atoms with van der Waals surface area (Å²) in [5, 5.41) is 16.1. The van der Waals surface area contributed by atoms with E-state index in [1.807, 2.05) is 0 Å². The van der Waals surface area contributed by atoms with E-state index in [0.717, 1.165) is 5.56 Å². The quantitative estimate of drug-likeness (QED) is 0.788. The van der Waals surface area contributed by atoms with Gasteiger partial charge in [0.05, 0.1) is 5.92 Å². The van der Waals surface area contributed by atoms with Crippen LogP contribution in [0.15, 0.2) is 29.0 Å². The van der Waals surface area contributed by atoms with Gasteiger partial charge in [0.25, 0.3) is 0 Å². The third-order valence-electron chi connectivity index (χ3n) is 4.05. The largest absolute Gasteiger partial charge is 0.481 e. The van der Waals surface area contributed by atoms with E-state index in [1.54, 1.807) is 29.4 Å². The van der Waals surface area contributed by atoms with E-state index in [1.165, 1.54) is 0 Å². The fourth-order valence-corrected chi connectivity index (χ4v) is 2.65. The molecular formula is C16H19N5O4. The number of hydrogen-bond donors (Lipinski definition) is 2. The monoisotopic (exact) mass is 345 g/mol. The zero-order valence-corrected chi connectivity index (χ0v) is 13.6. The van der Waals surface area contributed by atoms with Crippen LogP contribution in [-0.2, 0) is 16.0 Å². The van der Waals surface area contributed by atoms with Gasteiger partial charge in [0.1, 0.15) is 0 Å². The van der Waals surface area contributed by atoms with Gasteiger partial charge in [0.15, 0.2) is 0 Å². The van der Waals surface area contributed by atoms with Crippen molar-refractivity contribution in [3.8, 4) is 11.4 Å². The summed E-state index contributed by atoms with van der Waals surface area (Å²) in [6.45, 7) is 1.67. The Kier molecular flexibility index (Phi) is 5.34. The number of hydrogen-bond acceptors (Lipinski definition) is 7. The summed E-state index contributed by atoms with van der Waals surface area (Å²) >= 11 is 0. The fourth-order valence-electron chi connectivity index (χ4n) is 2.65. The molecule has 0 aliphatic carbocycles. The second-order valence-electron chi connectivity index (χ2n) is 5.83. The summed E-state index contributed by atoms with van der Waals surface area (Å²) < 4.78 is 5.18. The lowest BCUT2D eigenvalue weighted by Gasteiger charge is -2.22. The lowest BCUT2D eigenvalue weighted by molar-refractivity contribution is -0.143. The lowest BCUT2D eigenvalue weighted by atomic mass is 10.1. The van der Waals surface area contributed by atoms with Gasteiger partial charge in [-0.1, -0.05) is 5.16 Å². The Morgan fingerprint density at radius 2 is 2.16 bits per heavy atom.